The van der Waals surface area contributed by atoms with E-state index in [0.29, 0.717) is 13.2 Å². The van der Waals surface area contributed by atoms with Gasteiger partial charge in [0.15, 0.2) is 0 Å². The van der Waals surface area contributed by atoms with Crippen LogP contribution in [-0.4, -0.2) is 63.3 Å². The quantitative estimate of drug-likeness (QED) is 0.663. The van der Waals surface area contributed by atoms with Crippen LogP contribution in [-0.2, 0) is 9.53 Å². The molecular formula is C11H23N3O2. The molecule has 16 heavy (non-hydrogen) atoms. The molecule has 94 valence electrons. The highest BCUT2D eigenvalue weighted by Gasteiger charge is 2.21. The number of carbonyl (C=O) groups is 1. The molecule has 0 aliphatic carbocycles. The van der Waals surface area contributed by atoms with Gasteiger partial charge in [0.05, 0.1) is 13.2 Å². The minimum atomic E-state index is -0.185. The van der Waals surface area contributed by atoms with E-state index in [9.17, 15) is 4.79 Å². The van der Waals surface area contributed by atoms with Crippen molar-refractivity contribution in [3.63, 3.8) is 0 Å². The lowest BCUT2D eigenvalue weighted by atomic mass is 10.2. The fourth-order valence-corrected chi connectivity index (χ4v) is 1.60. The lowest BCUT2D eigenvalue weighted by Gasteiger charge is -2.25. The molecule has 0 aromatic rings. The average Bonchev–Trinajstić information content (AvgIpc) is 2.27. The van der Waals surface area contributed by atoms with Gasteiger partial charge >= 0.3 is 0 Å². The summed E-state index contributed by atoms with van der Waals surface area (Å²) < 4.78 is 5.25. The SMILES string of the molecule is CC(CCN(C)C)NC(=O)C1COCCN1. The third-order valence-electron chi connectivity index (χ3n) is 2.64. The standard InChI is InChI=1S/C11H23N3O2/c1-9(4-6-14(2)3)13-11(15)10-8-16-7-5-12-10/h9-10,12H,4-8H2,1-3H3,(H,13,15). The van der Waals surface area contributed by atoms with Crippen LogP contribution in [0.5, 0.6) is 0 Å². The van der Waals surface area contributed by atoms with Crippen LogP contribution in [0, 0.1) is 0 Å². The molecule has 0 radical (unpaired) electrons. The molecular weight excluding hydrogens is 206 g/mol. The summed E-state index contributed by atoms with van der Waals surface area (Å²) in [6.07, 6.45) is 0.965. The number of hydrogen-bond acceptors (Lipinski definition) is 4. The molecule has 2 N–H and O–H groups in total. The summed E-state index contributed by atoms with van der Waals surface area (Å²) in [7, 11) is 4.07. The maximum Gasteiger partial charge on any atom is 0.239 e. The lowest BCUT2D eigenvalue weighted by molar-refractivity contribution is -0.126. The van der Waals surface area contributed by atoms with E-state index in [-0.39, 0.29) is 18.0 Å². The molecule has 5 heteroatoms. The predicted molar refractivity (Wildman–Crippen MR) is 63.4 cm³/mol. The van der Waals surface area contributed by atoms with Crippen LogP contribution in [0.25, 0.3) is 0 Å². The Balaban J connectivity index is 2.21. The summed E-state index contributed by atoms with van der Waals surface area (Å²) in [5.41, 5.74) is 0. The number of amides is 1. The Bertz CT molecular complexity index is 215. The molecule has 5 nitrogen and oxygen atoms in total. The van der Waals surface area contributed by atoms with Gasteiger partial charge in [0.2, 0.25) is 5.91 Å². The molecule has 2 unspecified atom stereocenters. The largest absolute Gasteiger partial charge is 0.378 e. The lowest BCUT2D eigenvalue weighted by Crippen LogP contribution is -2.53. The first kappa shape index (κ1) is 13.4. The summed E-state index contributed by atoms with van der Waals surface area (Å²) in [4.78, 5) is 13.9. The van der Waals surface area contributed by atoms with E-state index >= 15 is 0 Å². The second kappa shape index (κ2) is 6.83. The highest BCUT2D eigenvalue weighted by molar-refractivity contribution is 5.82. The van der Waals surface area contributed by atoms with Crippen LogP contribution in [0.3, 0.4) is 0 Å². The Kier molecular flexibility index (Phi) is 5.73. The van der Waals surface area contributed by atoms with E-state index < -0.39 is 0 Å². The summed E-state index contributed by atoms with van der Waals surface area (Å²) in [6, 6.07) is 0.0224. The summed E-state index contributed by atoms with van der Waals surface area (Å²) >= 11 is 0. The van der Waals surface area contributed by atoms with Crippen molar-refractivity contribution in [3.8, 4) is 0 Å². The van der Waals surface area contributed by atoms with Crippen molar-refractivity contribution in [2.45, 2.75) is 25.4 Å². The molecule has 0 bridgehead atoms. The van der Waals surface area contributed by atoms with Crippen molar-refractivity contribution in [2.75, 3.05) is 40.4 Å². The van der Waals surface area contributed by atoms with Crippen molar-refractivity contribution in [1.82, 2.24) is 15.5 Å². The molecule has 1 saturated heterocycles. The minimum absolute atomic E-state index is 0.0472. The highest BCUT2D eigenvalue weighted by Crippen LogP contribution is 1.97. The topological polar surface area (TPSA) is 53.6 Å². The summed E-state index contributed by atoms with van der Waals surface area (Å²) in [5.74, 6) is 0.0472. The number of nitrogens with one attached hydrogen (secondary N) is 2. The van der Waals surface area contributed by atoms with E-state index in [4.69, 9.17) is 4.74 Å². The van der Waals surface area contributed by atoms with E-state index in [1.807, 2.05) is 21.0 Å². The fourth-order valence-electron chi connectivity index (χ4n) is 1.60. The molecule has 1 amide bonds. The van der Waals surface area contributed by atoms with Gasteiger partial charge in [-0.1, -0.05) is 0 Å². The zero-order chi connectivity index (χ0) is 12.0. The van der Waals surface area contributed by atoms with Crippen molar-refractivity contribution >= 4 is 5.91 Å². The first-order valence-corrected chi connectivity index (χ1v) is 5.86. The molecule has 0 aromatic heterocycles. The third-order valence-corrected chi connectivity index (χ3v) is 2.64. The Labute approximate surface area is 97.5 Å². The van der Waals surface area contributed by atoms with Crippen LogP contribution in [0.15, 0.2) is 0 Å². The van der Waals surface area contributed by atoms with E-state index in [0.717, 1.165) is 19.5 Å². The maximum absolute atomic E-state index is 11.8. The van der Waals surface area contributed by atoms with E-state index in [2.05, 4.69) is 15.5 Å². The molecule has 1 fully saturated rings. The Morgan fingerprint density at radius 1 is 1.62 bits per heavy atom. The van der Waals surface area contributed by atoms with Gasteiger partial charge < -0.3 is 20.3 Å². The fraction of sp³-hybridized carbons (Fsp3) is 0.909. The second-order valence-electron chi connectivity index (χ2n) is 4.58. The molecule has 1 aliphatic heterocycles. The van der Waals surface area contributed by atoms with Gasteiger partial charge in [-0.2, -0.15) is 0 Å². The smallest absolute Gasteiger partial charge is 0.239 e. The monoisotopic (exact) mass is 229 g/mol. The van der Waals surface area contributed by atoms with Gasteiger partial charge in [0.1, 0.15) is 6.04 Å². The molecule has 0 spiro atoms. The van der Waals surface area contributed by atoms with E-state index in [1.165, 1.54) is 0 Å². The average molecular weight is 229 g/mol. The molecule has 0 saturated carbocycles. The predicted octanol–water partition coefficient (Wildman–Crippen LogP) is -0.569. The zero-order valence-corrected chi connectivity index (χ0v) is 10.5. The van der Waals surface area contributed by atoms with Crippen LogP contribution < -0.4 is 10.6 Å². The molecule has 1 heterocycles. The molecule has 2 atom stereocenters. The van der Waals surface area contributed by atoms with Crippen LogP contribution in [0.2, 0.25) is 0 Å². The number of hydrogen-bond donors (Lipinski definition) is 2. The second-order valence-corrected chi connectivity index (χ2v) is 4.58. The van der Waals surface area contributed by atoms with Gasteiger partial charge in [-0.15, -0.1) is 0 Å². The van der Waals surface area contributed by atoms with Crippen LogP contribution in [0.4, 0.5) is 0 Å². The Morgan fingerprint density at radius 2 is 2.38 bits per heavy atom. The van der Waals surface area contributed by atoms with E-state index in [1.54, 1.807) is 0 Å². The first-order valence-electron chi connectivity index (χ1n) is 5.86. The zero-order valence-electron chi connectivity index (χ0n) is 10.5. The van der Waals surface area contributed by atoms with Gasteiger partial charge in [-0.25, -0.2) is 0 Å². The van der Waals surface area contributed by atoms with Gasteiger partial charge in [0, 0.05) is 12.6 Å². The van der Waals surface area contributed by atoms with Crippen molar-refractivity contribution in [1.29, 1.82) is 0 Å². The van der Waals surface area contributed by atoms with Crippen LogP contribution in [0.1, 0.15) is 13.3 Å². The third kappa shape index (κ3) is 4.92. The molecule has 0 aromatic carbocycles. The number of ether oxygens (including phenoxy) is 1. The highest BCUT2D eigenvalue weighted by atomic mass is 16.5. The minimum Gasteiger partial charge on any atom is -0.378 e. The Morgan fingerprint density at radius 3 is 2.94 bits per heavy atom. The number of morpholine rings is 1. The normalized spacial score (nSPS) is 23.1. The van der Waals surface area contributed by atoms with Gasteiger partial charge in [-0.3, -0.25) is 4.79 Å². The number of carbonyl (C=O) groups excluding carboxylic acids is 1. The Hall–Kier alpha value is -0.650. The number of rotatable bonds is 5. The van der Waals surface area contributed by atoms with Crippen molar-refractivity contribution in [2.24, 2.45) is 0 Å². The van der Waals surface area contributed by atoms with Crippen molar-refractivity contribution < 1.29 is 9.53 Å². The molecule has 1 rings (SSSR count). The molecule has 1 aliphatic rings. The number of nitrogens with zero attached hydrogens (tertiary/aromatic N) is 1. The summed E-state index contributed by atoms with van der Waals surface area (Å²) in [5, 5.41) is 6.14. The van der Waals surface area contributed by atoms with Gasteiger partial charge in [0.25, 0.3) is 0 Å². The first-order chi connectivity index (χ1) is 7.59. The van der Waals surface area contributed by atoms with Crippen molar-refractivity contribution in [3.05, 3.63) is 0 Å². The summed E-state index contributed by atoms with van der Waals surface area (Å²) in [6.45, 7) is 4.94. The maximum atomic E-state index is 11.8. The van der Waals surface area contributed by atoms with Gasteiger partial charge in [-0.05, 0) is 34.0 Å². The van der Waals surface area contributed by atoms with Crippen LogP contribution >= 0.6 is 0 Å².